The van der Waals surface area contributed by atoms with Crippen LogP contribution in [0.25, 0.3) is 0 Å². The van der Waals surface area contributed by atoms with E-state index in [4.69, 9.17) is 9.47 Å². The van der Waals surface area contributed by atoms with Crippen LogP contribution in [0.3, 0.4) is 0 Å². The van der Waals surface area contributed by atoms with Crippen LogP contribution in [0.1, 0.15) is 18.4 Å². The fourth-order valence-corrected chi connectivity index (χ4v) is 5.43. The molecule has 2 aromatic rings. The lowest BCUT2D eigenvalue weighted by Gasteiger charge is -2.32. The van der Waals surface area contributed by atoms with Crippen molar-refractivity contribution in [2.24, 2.45) is 5.92 Å². The summed E-state index contributed by atoms with van der Waals surface area (Å²) in [5, 5.41) is 0. The quantitative estimate of drug-likeness (QED) is 0.703. The van der Waals surface area contributed by atoms with E-state index in [1.807, 2.05) is 0 Å². The van der Waals surface area contributed by atoms with Gasteiger partial charge in [-0.05, 0) is 31.0 Å². The number of fused-ring (bicyclic) bond motifs is 1. The van der Waals surface area contributed by atoms with Crippen molar-refractivity contribution < 1.29 is 27.1 Å². The van der Waals surface area contributed by atoms with Crippen molar-refractivity contribution in [3.05, 3.63) is 53.8 Å². The maximum atomic E-state index is 13.9. The van der Waals surface area contributed by atoms with Gasteiger partial charge in [0.1, 0.15) is 19.0 Å². The summed E-state index contributed by atoms with van der Waals surface area (Å²) < 4.78 is 52.3. The number of nitrogens with zero attached hydrogens (tertiary/aromatic N) is 2. The van der Waals surface area contributed by atoms with Gasteiger partial charge in [0.05, 0.1) is 4.90 Å². The lowest BCUT2D eigenvalue weighted by Crippen LogP contribution is -2.43. The van der Waals surface area contributed by atoms with Gasteiger partial charge in [-0.15, -0.1) is 0 Å². The number of ether oxygens (including phenoxy) is 2. The first-order valence-corrected chi connectivity index (χ1v) is 11.7. The van der Waals surface area contributed by atoms with E-state index < -0.39 is 10.0 Å². The van der Waals surface area contributed by atoms with E-state index in [9.17, 15) is 17.6 Å². The molecule has 166 valence electrons. The number of halogens is 1. The van der Waals surface area contributed by atoms with Crippen molar-refractivity contribution in [2.45, 2.75) is 24.3 Å². The summed E-state index contributed by atoms with van der Waals surface area (Å²) in [4.78, 5) is 14.5. The number of benzene rings is 2. The van der Waals surface area contributed by atoms with Gasteiger partial charge in [0, 0.05) is 44.2 Å². The number of amides is 1. The van der Waals surface area contributed by atoms with Crippen molar-refractivity contribution in [2.75, 3.05) is 33.4 Å². The Hall–Kier alpha value is -2.65. The van der Waals surface area contributed by atoms with Gasteiger partial charge in [-0.2, -0.15) is 4.31 Å². The van der Waals surface area contributed by atoms with Crippen LogP contribution in [0, 0.1) is 11.7 Å². The minimum absolute atomic E-state index is 0.0976. The summed E-state index contributed by atoms with van der Waals surface area (Å²) in [6, 6.07) is 11.0. The molecule has 0 spiro atoms. The van der Waals surface area contributed by atoms with E-state index in [1.165, 1.54) is 27.4 Å². The summed E-state index contributed by atoms with van der Waals surface area (Å²) in [6.45, 7) is 1.50. The number of piperidine rings is 1. The van der Waals surface area contributed by atoms with E-state index in [0.29, 0.717) is 43.1 Å². The Balaban J connectivity index is 1.38. The lowest BCUT2D eigenvalue weighted by atomic mass is 9.96. The topological polar surface area (TPSA) is 76.2 Å². The first-order chi connectivity index (χ1) is 14.9. The molecule has 0 atom stereocenters. The Kier molecular flexibility index (Phi) is 6.15. The molecule has 0 N–H and O–H groups in total. The normalized spacial score (nSPS) is 17.4. The number of hydrogen-bond acceptors (Lipinski definition) is 5. The Morgan fingerprint density at radius 2 is 1.77 bits per heavy atom. The molecule has 4 rings (SSSR count). The average Bonchev–Trinajstić information content (AvgIpc) is 2.79. The second-order valence-corrected chi connectivity index (χ2v) is 9.71. The van der Waals surface area contributed by atoms with E-state index in [1.54, 1.807) is 31.3 Å². The zero-order valence-electron chi connectivity index (χ0n) is 17.3. The fourth-order valence-electron chi connectivity index (χ4n) is 3.95. The zero-order valence-corrected chi connectivity index (χ0v) is 18.1. The Labute approximate surface area is 181 Å². The van der Waals surface area contributed by atoms with Crippen LogP contribution < -0.4 is 9.47 Å². The van der Waals surface area contributed by atoms with Crippen LogP contribution >= 0.6 is 0 Å². The molecule has 0 saturated carbocycles. The standard InChI is InChI=1S/C22H25FN2O5S/c1-24(15-17-4-2-3-5-19(17)23)22(26)16-8-10-25(11-9-16)31(27,28)18-6-7-20-21(14-18)30-13-12-29-20/h2-7,14,16H,8-13,15H2,1H3. The molecule has 0 bridgehead atoms. The number of carbonyl (C=O) groups excluding carboxylic acids is 1. The predicted molar refractivity (Wildman–Crippen MR) is 112 cm³/mol. The molecule has 0 unspecified atom stereocenters. The van der Waals surface area contributed by atoms with Crippen LogP contribution in [-0.2, 0) is 21.4 Å². The number of hydrogen-bond donors (Lipinski definition) is 0. The highest BCUT2D eigenvalue weighted by molar-refractivity contribution is 7.89. The molecule has 7 nitrogen and oxygen atoms in total. The van der Waals surface area contributed by atoms with Crippen LogP contribution in [0.4, 0.5) is 4.39 Å². The van der Waals surface area contributed by atoms with Gasteiger partial charge in [0.15, 0.2) is 11.5 Å². The van der Waals surface area contributed by atoms with Gasteiger partial charge in [0.25, 0.3) is 0 Å². The van der Waals surface area contributed by atoms with Crippen molar-refractivity contribution in [1.82, 2.24) is 9.21 Å². The highest BCUT2D eigenvalue weighted by Crippen LogP contribution is 2.34. The smallest absolute Gasteiger partial charge is 0.243 e. The first-order valence-electron chi connectivity index (χ1n) is 10.2. The first kappa shape index (κ1) is 21.6. The summed E-state index contributed by atoms with van der Waals surface area (Å²) >= 11 is 0. The second kappa shape index (κ2) is 8.84. The molecule has 2 heterocycles. The van der Waals surface area contributed by atoms with Crippen molar-refractivity contribution in [1.29, 1.82) is 0 Å². The van der Waals surface area contributed by atoms with E-state index >= 15 is 0 Å². The third kappa shape index (κ3) is 4.52. The number of sulfonamides is 1. The van der Waals surface area contributed by atoms with Gasteiger partial charge in [-0.1, -0.05) is 18.2 Å². The average molecular weight is 449 g/mol. The molecule has 1 amide bonds. The van der Waals surface area contributed by atoms with Crippen LogP contribution in [0.15, 0.2) is 47.4 Å². The number of carbonyl (C=O) groups is 1. The number of rotatable bonds is 5. The van der Waals surface area contributed by atoms with Crippen LogP contribution in [-0.4, -0.2) is 56.9 Å². The third-order valence-electron chi connectivity index (χ3n) is 5.70. The lowest BCUT2D eigenvalue weighted by molar-refractivity contribution is -0.136. The highest BCUT2D eigenvalue weighted by Gasteiger charge is 2.34. The maximum Gasteiger partial charge on any atom is 0.243 e. The van der Waals surface area contributed by atoms with Gasteiger partial charge >= 0.3 is 0 Å². The van der Waals surface area contributed by atoms with Crippen LogP contribution in [0.2, 0.25) is 0 Å². The molecular weight excluding hydrogens is 423 g/mol. The summed E-state index contributed by atoms with van der Waals surface area (Å²) in [5.41, 5.74) is 0.456. The minimum atomic E-state index is -3.70. The summed E-state index contributed by atoms with van der Waals surface area (Å²) in [5.74, 6) is 0.227. The van der Waals surface area contributed by atoms with Crippen molar-refractivity contribution in [3.63, 3.8) is 0 Å². The van der Waals surface area contributed by atoms with Crippen molar-refractivity contribution >= 4 is 15.9 Å². The molecule has 2 aliphatic rings. The molecule has 2 aromatic carbocycles. The maximum absolute atomic E-state index is 13.9. The largest absolute Gasteiger partial charge is 0.486 e. The Bertz CT molecular complexity index is 1070. The Morgan fingerprint density at radius 1 is 1.10 bits per heavy atom. The second-order valence-electron chi connectivity index (χ2n) is 7.77. The molecule has 1 fully saturated rings. The SMILES string of the molecule is CN(Cc1ccccc1F)C(=O)C1CCN(S(=O)(=O)c2ccc3c(c2)OCCO3)CC1. The molecule has 1 saturated heterocycles. The summed E-state index contributed by atoms with van der Waals surface area (Å²) in [6.07, 6.45) is 0.842. The molecule has 0 aliphatic carbocycles. The van der Waals surface area contributed by atoms with E-state index in [2.05, 4.69) is 0 Å². The van der Waals surface area contributed by atoms with Gasteiger partial charge in [-0.25, -0.2) is 12.8 Å². The predicted octanol–water partition coefficient (Wildman–Crippen LogP) is 2.66. The Morgan fingerprint density at radius 3 is 2.48 bits per heavy atom. The molecule has 31 heavy (non-hydrogen) atoms. The fraction of sp³-hybridized carbons (Fsp3) is 0.409. The van der Waals surface area contributed by atoms with Gasteiger partial charge in [0.2, 0.25) is 15.9 Å². The van der Waals surface area contributed by atoms with E-state index in [-0.39, 0.29) is 42.2 Å². The molecule has 9 heteroatoms. The molecular formula is C22H25FN2O5S. The van der Waals surface area contributed by atoms with Gasteiger partial charge < -0.3 is 14.4 Å². The third-order valence-corrected chi connectivity index (χ3v) is 7.59. The zero-order chi connectivity index (χ0) is 22.0. The van der Waals surface area contributed by atoms with Crippen LogP contribution in [0.5, 0.6) is 11.5 Å². The minimum Gasteiger partial charge on any atom is -0.486 e. The molecule has 0 aromatic heterocycles. The van der Waals surface area contributed by atoms with E-state index in [0.717, 1.165) is 0 Å². The monoisotopic (exact) mass is 448 g/mol. The highest BCUT2D eigenvalue weighted by atomic mass is 32.2. The van der Waals surface area contributed by atoms with Gasteiger partial charge in [-0.3, -0.25) is 4.79 Å². The molecule has 2 aliphatic heterocycles. The molecule has 0 radical (unpaired) electrons. The summed E-state index contributed by atoms with van der Waals surface area (Å²) in [7, 11) is -2.05. The van der Waals surface area contributed by atoms with Crippen molar-refractivity contribution in [3.8, 4) is 11.5 Å².